The Hall–Kier alpha value is -0.650. The maximum atomic E-state index is 11.1. The summed E-state index contributed by atoms with van der Waals surface area (Å²) < 4.78 is 11.4. The average molecular weight is 298 g/mol. The Morgan fingerprint density at radius 1 is 1.33 bits per heavy atom. The lowest BCUT2D eigenvalue weighted by Gasteiger charge is -2.35. The Balaban J connectivity index is 1.57. The van der Waals surface area contributed by atoms with Crippen molar-refractivity contribution in [3.8, 4) is 0 Å². The number of nitrogens with zero attached hydrogens (tertiary/aromatic N) is 1. The molecule has 122 valence electrons. The second kappa shape index (κ2) is 8.71. The van der Waals surface area contributed by atoms with Gasteiger partial charge >= 0.3 is 0 Å². The van der Waals surface area contributed by atoms with Gasteiger partial charge in [0.2, 0.25) is 5.91 Å². The van der Waals surface area contributed by atoms with Gasteiger partial charge in [-0.3, -0.25) is 4.79 Å². The molecule has 21 heavy (non-hydrogen) atoms. The van der Waals surface area contributed by atoms with Crippen LogP contribution in [0.3, 0.4) is 0 Å². The molecular weight excluding hydrogens is 268 g/mol. The first-order chi connectivity index (χ1) is 10.1. The third-order valence-corrected chi connectivity index (χ3v) is 4.62. The van der Waals surface area contributed by atoms with Crippen molar-refractivity contribution in [3.63, 3.8) is 0 Å². The Bertz CT molecular complexity index is 311. The van der Waals surface area contributed by atoms with E-state index >= 15 is 0 Å². The minimum Gasteiger partial charge on any atom is -0.354 e. The smallest absolute Gasteiger partial charge is 0.217 e. The maximum absolute atomic E-state index is 11.1. The summed E-state index contributed by atoms with van der Waals surface area (Å²) in [7, 11) is 0. The van der Waals surface area contributed by atoms with Gasteiger partial charge in [-0.1, -0.05) is 0 Å². The molecule has 2 aliphatic heterocycles. The van der Waals surface area contributed by atoms with Crippen molar-refractivity contribution in [1.82, 2.24) is 10.2 Å². The fourth-order valence-electron chi connectivity index (χ4n) is 3.27. The lowest BCUT2D eigenvalue weighted by molar-refractivity contribution is -0.164. The summed E-state index contributed by atoms with van der Waals surface area (Å²) in [5, 5.41) is 3.01. The standard InChI is InChI=1S/C16H30N2O3/c1-13(17-14(2)19)15-6-8-18(9-7-15)10-12-21-16-5-3-4-11-20-16/h13,15-16H,3-12H2,1-2H3,(H,17,19)/t13-,16-/m0/s1. The molecule has 2 fully saturated rings. The van der Waals surface area contributed by atoms with Gasteiger partial charge in [-0.05, 0) is 58.0 Å². The average Bonchev–Trinajstić information content (AvgIpc) is 2.48. The van der Waals surface area contributed by atoms with Crippen molar-refractivity contribution in [2.75, 3.05) is 32.8 Å². The fraction of sp³-hybridized carbons (Fsp3) is 0.938. The molecular formula is C16H30N2O3. The molecule has 0 saturated carbocycles. The highest BCUT2D eigenvalue weighted by Gasteiger charge is 2.24. The first-order valence-electron chi connectivity index (χ1n) is 8.38. The predicted octanol–water partition coefficient (Wildman–Crippen LogP) is 1.77. The van der Waals surface area contributed by atoms with E-state index in [1.807, 2.05) is 0 Å². The molecule has 2 heterocycles. The van der Waals surface area contributed by atoms with Crippen molar-refractivity contribution in [1.29, 1.82) is 0 Å². The van der Waals surface area contributed by atoms with Gasteiger partial charge in [0.15, 0.2) is 6.29 Å². The molecule has 5 nitrogen and oxygen atoms in total. The molecule has 0 spiro atoms. The van der Waals surface area contributed by atoms with Crippen LogP contribution in [0, 0.1) is 5.92 Å². The highest BCUT2D eigenvalue weighted by molar-refractivity contribution is 5.73. The van der Waals surface area contributed by atoms with E-state index in [4.69, 9.17) is 9.47 Å². The van der Waals surface area contributed by atoms with E-state index < -0.39 is 0 Å². The normalized spacial score (nSPS) is 26.5. The van der Waals surface area contributed by atoms with Gasteiger partial charge in [0.25, 0.3) is 0 Å². The number of hydrogen-bond acceptors (Lipinski definition) is 4. The van der Waals surface area contributed by atoms with E-state index in [9.17, 15) is 4.79 Å². The Morgan fingerprint density at radius 3 is 2.71 bits per heavy atom. The largest absolute Gasteiger partial charge is 0.354 e. The molecule has 0 unspecified atom stereocenters. The molecule has 0 aliphatic carbocycles. The lowest BCUT2D eigenvalue weighted by Crippen LogP contribution is -2.44. The second-order valence-electron chi connectivity index (χ2n) is 6.34. The van der Waals surface area contributed by atoms with Crippen LogP contribution >= 0.6 is 0 Å². The van der Waals surface area contributed by atoms with Gasteiger partial charge < -0.3 is 19.7 Å². The molecule has 2 aliphatic rings. The molecule has 0 aromatic heterocycles. The zero-order valence-electron chi connectivity index (χ0n) is 13.5. The molecule has 0 aromatic rings. The Morgan fingerprint density at radius 2 is 2.10 bits per heavy atom. The summed E-state index contributed by atoms with van der Waals surface area (Å²) in [6, 6.07) is 0.288. The van der Waals surface area contributed by atoms with Crippen LogP contribution in [-0.4, -0.2) is 56.0 Å². The molecule has 0 radical (unpaired) electrons. The van der Waals surface area contributed by atoms with Crippen LogP contribution < -0.4 is 5.32 Å². The summed E-state index contributed by atoms with van der Waals surface area (Å²) in [4.78, 5) is 13.6. The summed E-state index contributed by atoms with van der Waals surface area (Å²) in [6.07, 6.45) is 5.76. The van der Waals surface area contributed by atoms with Gasteiger partial charge in [0.05, 0.1) is 6.61 Å². The molecule has 5 heteroatoms. The number of ether oxygens (including phenoxy) is 2. The van der Waals surface area contributed by atoms with Crippen molar-refractivity contribution in [2.24, 2.45) is 5.92 Å². The number of piperidine rings is 1. The van der Waals surface area contributed by atoms with Gasteiger partial charge in [-0.25, -0.2) is 0 Å². The highest BCUT2D eigenvalue weighted by atomic mass is 16.7. The van der Waals surface area contributed by atoms with Crippen LogP contribution in [0.15, 0.2) is 0 Å². The third kappa shape index (κ3) is 5.93. The fourth-order valence-corrected chi connectivity index (χ4v) is 3.27. The van der Waals surface area contributed by atoms with E-state index in [0.717, 1.165) is 52.1 Å². The number of amides is 1. The maximum Gasteiger partial charge on any atom is 0.217 e. The molecule has 0 bridgehead atoms. The van der Waals surface area contributed by atoms with Crippen molar-refractivity contribution in [2.45, 2.75) is 58.3 Å². The van der Waals surface area contributed by atoms with Crippen molar-refractivity contribution < 1.29 is 14.3 Å². The van der Waals surface area contributed by atoms with Crippen LogP contribution in [0.2, 0.25) is 0 Å². The molecule has 2 atom stereocenters. The van der Waals surface area contributed by atoms with Crippen LogP contribution in [0.5, 0.6) is 0 Å². The van der Waals surface area contributed by atoms with Crippen LogP contribution in [0.25, 0.3) is 0 Å². The van der Waals surface area contributed by atoms with Crippen LogP contribution in [-0.2, 0) is 14.3 Å². The quantitative estimate of drug-likeness (QED) is 0.812. The van der Waals surface area contributed by atoms with E-state index in [2.05, 4.69) is 17.1 Å². The van der Waals surface area contributed by atoms with Gasteiger partial charge in [0, 0.05) is 26.1 Å². The molecule has 0 aromatic carbocycles. The van der Waals surface area contributed by atoms with E-state index in [0.29, 0.717) is 5.92 Å². The summed E-state index contributed by atoms with van der Waals surface area (Å²) in [6.45, 7) is 8.50. The minimum atomic E-state index is 0.0241. The van der Waals surface area contributed by atoms with Crippen LogP contribution in [0.4, 0.5) is 0 Å². The number of hydrogen-bond donors (Lipinski definition) is 1. The first-order valence-corrected chi connectivity index (χ1v) is 8.38. The zero-order chi connectivity index (χ0) is 15.1. The summed E-state index contributed by atoms with van der Waals surface area (Å²) in [5.41, 5.74) is 0. The van der Waals surface area contributed by atoms with E-state index in [1.54, 1.807) is 6.92 Å². The first kappa shape index (κ1) is 16.7. The Kier molecular flexibility index (Phi) is 6.93. The summed E-state index contributed by atoms with van der Waals surface area (Å²) in [5.74, 6) is 0.679. The monoisotopic (exact) mass is 298 g/mol. The van der Waals surface area contributed by atoms with Crippen molar-refractivity contribution >= 4 is 5.91 Å². The zero-order valence-corrected chi connectivity index (χ0v) is 13.5. The topological polar surface area (TPSA) is 50.8 Å². The lowest BCUT2D eigenvalue weighted by atomic mass is 9.90. The number of likely N-dealkylation sites (tertiary alicyclic amines) is 1. The van der Waals surface area contributed by atoms with Crippen molar-refractivity contribution in [3.05, 3.63) is 0 Å². The van der Waals surface area contributed by atoms with Gasteiger partial charge in [0.1, 0.15) is 0 Å². The van der Waals surface area contributed by atoms with E-state index in [-0.39, 0.29) is 18.2 Å². The number of nitrogens with one attached hydrogen (secondary N) is 1. The number of rotatable bonds is 6. The summed E-state index contributed by atoms with van der Waals surface area (Å²) >= 11 is 0. The number of carbonyl (C=O) groups excluding carboxylic acids is 1. The van der Waals surface area contributed by atoms with Gasteiger partial charge in [-0.2, -0.15) is 0 Å². The highest BCUT2D eigenvalue weighted by Crippen LogP contribution is 2.20. The molecule has 2 saturated heterocycles. The minimum absolute atomic E-state index is 0.0241. The van der Waals surface area contributed by atoms with E-state index in [1.165, 1.54) is 12.8 Å². The van der Waals surface area contributed by atoms with Gasteiger partial charge in [-0.15, -0.1) is 0 Å². The Labute approximate surface area is 128 Å². The van der Waals surface area contributed by atoms with Crippen LogP contribution in [0.1, 0.15) is 46.0 Å². The number of carbonyl (C=O) groups is 1. The molecule has 2 rings (SSSR count). The molecule has 1 N–H and O–H groups in total. The predicted molar refractivity (Wildman–Crippen MR) is 82.0 cm³/mol. The molecule has 1 amide bonds. The SMILES string of the molecule is CC(=O)N[C@@H](C)C1CCN(CCO[C@H]2CCCCO2)CC1. The third-order valence-electron chi connectivity index (χ3n) is 4.62. The second-order valence-corrected chi connectivity index (χ2v) is 6.34.